The van der Waals surface area contributed by atoms with Crippen molar-refractivity contribution in [2.75, 3.05) is 0 Å². The number of ketones is 1. The van der Waals surface area contributed by atoms with E-state index in [0.29, 0.717) is 18.5 Å². The minimum Gasteiger partial charge on any atom is -0.337 e. The summed E-state index contributed by atoms with van der Waals surface area (Å²) in [7, 11) is 0. The van der Waals surface area contributed by atoms with Crippen LogP contribution >= 0.6 is 0 Å². The first-order chi connectivity index (χ1) is 16.0. The summed E-state index contributed by atoms with van der Waals surface area (Å²) in [5, 5.41) is 5.82. The molecule has 1 saturated carbocycles. The number of nitrogens with one attached hydrogen (secondary N) is 1. The quantitative estimate of drug-likeness (QED) is 0.395. The van der Waals surface area contributed by atoms with Gasteiger partial charge >= 0.3 is 0 Å². The molecule has 4 nitrogen and oxygen atoms in total. The maximum absolute atomic E-state index is 14.1. The number of Topliss-reactive ketones (excluding diaryl/α,β-unsaturated/α-hetero) is 1. The van der Waals surface area contributed by atoms with Crippen molar-refractivity contribution in [1.82, 2.24) is 14.9 Å². The van der Waals surface area contributed by atoms with E-state index in [9.17, 15) is 9.18 Å². The molecular formula is C28H30FN3O. The number of halogens is 1. The van der Waals surface area contributed by atoms with Crippen LogP contribution in [0.4, 0.5) is 4.39 Å². The molecule has 5 rings (SSSR count). The number of hydrogen-bond donors (Lipinski definition) is 1. The highest BCUT2D eigenvalue weighted by Gasteiger charge is 2.27. The monoisotopic (exact) mass is 443 g/mol. The van der Waals surface area contributed by atoms with Gasteiger partial charge in [0.15, 0.2) is 0 Å². The Kier molecular flexibility index (Phi) is 5.98. The highest BCUT2D eigenvalue weighted by Crippen LogP contribution is 2.40. The molecule has 0 unspecified atom stereocenters. The van der Waals surface area contributed by atoms with Crippen molar-refractivity contribution in [3.63, 3.8) is 0 Å². The Balaban J connectivity index is 1.29. The Bertz CT molecular complexity index is 1320. The number of benzene rings is 2. The summed E-state index contributed by atoms with van der Waals surface area (Å²) < 4.78 is 16.2. The normalized spacial score (nSPS) is 18.8. The van der Waals surface area contributed by atoms with E-state index in [0.717, 1.165) is 65.4 Å². The maximum Gasteiger partial charge on any atom is 0.149 e. The minimum absolute atomic E-state index is 0.112. The van der Waals surface area contributed by atoms with E-state index >= 15 is 0 Å². The largest absolute Gasteiger partial charge is 0.337 e. The summed E-state index contributed by atoms with van der Waals surface area (Å²) in [5.41, 5.74) is 5.38. The van der Waals surface area contributed by atoms with Gasteiger partial charge in [-0.15, -0.1) is 0 Å². The van der Waals surface area contributed by atoms with Crippen molar-refractivity contribution in [2.45, 2.75) is 64.6 Å². The van der Waals surface area contributed by atoms with Crippen LogP contribution in [0.1, 0.15) is 55.5 Å². The smallest absolute Gasteiger partial charge is 0.149 e. The third kappa shape index (κ3) is 4.42. The minimum atomic E-state index is -0.220. The van der Waals surface area contributed by atoms with Crippen LogP contribution in [0.2, 0.25) is 0 Å². The van der Waals surface area contributed by atoms with Crippen LogP contribution in [-0.2, 0) is 17.9 Å². The fourth-order valence-electron chi connectivity index (χ4n) is 5.46. The molecular weight excluding hydrogens is 413 g/mol. The van der Waals surface area contributed by atoms with Crippen molar-refractivity contribution in [1.29, 1.82) is 0 Å². The van der Waals surface area contributed by atoms with Crippen LogP contribution in [0.15, 0.2) is 54.6 Å². The number of nitrogens with zero attached hydrogens (tertiary/aromatic N) is 2. The van der Waals surface area contributed by atoms with Crippen molar-refractivity contribution in [2.24, 2.45) is 0 Å². The number of carbonyl (C=O) groups excluding carboxylic acids is 1. The van der Waals surface area contributed by atoms with Crippen LogP contribution in [0.25, 0.3) is 21.8 Å². The highest BCUT2D eigenvalue weighted by atomic mass is 19.1. The molecule has 0 radical (unpaired) electrons. The molecule has 1 N–H and O–H groups in total. The van der Waals surface area contributed by atoms with Gasteiger partial charge in [0, 0.05) is 34.6 Å². The Morgan fingerprint density at radius 3 is 2.67 bits per heavy atom. The van der Waals surface area contributed by atoms with Crippen molar-refractivity contribution in [3.05, 3.63) is 77.4 Å². The van der Waals surface area contributed by atoms with E-state index in [-0.39, 0.29) is 11.6 Å². The van der Waals surface area contributed by atoms with E-state index in [1.807, 2.05) is 18.2 Å². The van der Waals surface area contributed by atoms with Gasteiger partial charge < -0.3 is 9.88 Å². The number of pyridine rings is 1. The maximum atomic E-state index is 14.1. The van der Waals surface area contributed by atoms with E-state index in [4.69, 9.17) is 4.98 Å². The molecule has 4 aromatic rings. The summed E-state index contributed by atoms with van der Waals surface area (Å²) in [4.78, 5) is 16.6. The van der Waals surface area contributed by atoms with Crippen LogP contribution in [0.3, 0.4) is 0 Å². The predicted octanol–water partition coefficient (Wildman–Crippen LogP) is 6.04. The molecule has 2 aromatic heterocycles. The summed E-state index contributed by atoms with van der Waals surface area (Å²) in [6.45, 7) is 4.79. The average molecular weight is 444 g/mol. The zero-order valence-electron chi connectivity index (χ0n) is 19.3. The van der Waals surface area contributed by atoms with Crippen LogP contribution < -0.4 is 5.32 Å². The van der Waals surface area contributed by atoms with Crippen molar-refractivity contribution >= 4 is 27.6 Å². The van der Waals surface area contributed by atoms with Gasteiger partial charge in [0.25, 0.3) is 0 Å². The van der Waals surface area contributed by atoms with E-state index < -0.39 is 0 Å². The zero-order valence-corrected chi connectivity index (χ0v) is 19.3. The first-order valence-corrected chi connectivity index (χ1v) is 11.9. The first-order valence-electron chi connectivity index (χ1n) is 11.9. The summed E-state index contributed by atoms with van der Waals surface area (Å²) in [6.07, 6.45) is 4.26. The van der Waals surface area contributed by atoms with Gasteiger partial charge in [-0.2, -0.15) is 0 Å². The SMILES string of the molecule is CC(=O)Cn1c(C)c(C2CCC(NCc3ccc4ccccc4n3)CC2)c2cc(F)ccc21. The standard InChI is InChI=1S/C28H30FN3O/c1-18(33)17-32-19(2)28(25-15-22(29)10-14-27(25)32)21-8-11-23(12-9-21)30-16-24-13-7-20-5-3-4-6-26(20)31-24/h3-7,10,13-15,21,23,30H,8-9,11-12,16-17H2,1-2H3. The number of carbonyl (C=O) groups is 1. The second-order valence-corrected chi connectivity index (χ2v) is 9.37. The molecule has 0 atom stereocenters. The van der Waals surface area contributed by atoms with Crippen molar-refractivity contribution < 1.29 is 9.18 Å². The van der Waals surface area contributed by atoms with Crippen molar-refractivity contribution in [3.8, 4) is 0 Å². The van der Waals surface area contributed by atoms with Gasteiger partial charge in [-0.05, 0) is 81.3 Å². The Hall–Kier alpha value is -3.05. The Morgan fingerprint density at radius 1 is 1.09 bits per heavy atom. The lowest BCUT2D eigenvalue weighted by atomic mass is 9.80. The molecule has 2 heterocycles. The second kappa shape index (κ2) is 9.06. The van der Waals surface area contributed by atoms with Crippen LogP contribution in [0, 0.1) is 12.7 Å². The fraction of sp³-hybridized carbons (Fsp3) is 0.357. The molecule has 0 amide bonds. The summed E-state index contributed by atoms with van der Waals surface area (Å²) in [6, 6.07) is 17.8. The zero-order chi connectivity index (χ0) is 22.9. The number of hydrogen-bond acceptors (Lipinski definition) is 3. The summed E-state index contributed by atoms with van der Waals surface area (Å²) >= 11 is 0. The van der Waals surface area contributed by atoms with Crippen LogP contribution in [0.5, 0.6) is 0 Å². The lowest BCUT2D eigenvalue weighted by Gasteiger charge is -2.30. The van der Waals surface area contributed by atoms with Gasteiger partial charge in [0.2, 0.25) is 0 Å². The lowest BCUT2D eigenvalue weighted by molar-refractivity contribution is -0.117. The summed E-state index contributed by atoms with van der Waals surface area (Å²) in [5.74, 6) is 0.280. The van der Waals surface area contributed by atoms with E-state index in [2.05, 4.69) is 41.1 Å². The molecule has 170 valence electrons. The lowest BCUT2D eigenvalue weighted by Crippen LogP contribution is -2.32. The van der Waals surface area contributed by atoms with Crippen LogP contribution in [-0.4, -0.2) is 21.4 Å². The third-order valence-electron chi connectivity index (χ3n) is 7.08. The molecule has 0 spiro atoms. The first kappa shape index (κ1) is 21.8. The molecule has 0 saturated heterocycles. The average Bonchev–Trinajstić information content (AvgIpc) is 3.08. The number of fused-ring (bicyclic) bond motifs is 2. The molecule has 1 fully saturated rings. The molecule has 2 aromatic carbocycles. The fourth-order valence-corrected chi connectivity index (χ4v) is 5.46. The van der Waals surface area contributed by atoms with E-state index in [1.165, 1.54) is 11.6 Å². The number of rotatable bonds is 6. The molecule has 1 aliphatic carbocycles. The Morgan fingerprint density at radius 2 is 1.88 bits per heavy atom. The molecule has 1 aliphatic rings. The van der Waals surface area contributed by atoms with Gasteiger partial charge in [-0.25, -0.2) is 4.39 Å². The number of aromatic nitrogens is 2. The predicted molar refractivity (Wildman–Crippen MR) is 131 cm³/mol. The molecule has 33 heavy (non-hydrogen) atoms. The van der Waals surface area contributed by atoms with Gasteiger partial charge in [0.05, 0.1) is 17.8 Å². The molecule has 0 bridgehead atoms. The molecule has 5 heteroatoms. The third-order valence-corrected chi connectivity index (χ3v) is 7.08. The highest BCUT2D eigenvalue weighted by molar-refractivity contribution is 5.88. The Labute approximate surface area is 193 Å². The van der Waals surface area contributed by atoms with Gasteiger partial charge in [0.1, 0.15) is 11.6 Å². The van der Waals surface area contributed by atoms with E-state index in [1.54, 1.807) is 13.0 Å². The van der Waals surface area contributed by atoms with Gasteiger partial charge in [-0.3, -0.25) is 9.78 Å². The number of para-hydroxylation sites is 1. The van der Waals surface area contributed by atoms with Gasteiger partial charge in [-0.1, -0.05) is 24.3 Å². The molecule has 0 aliphatic heterocycles. The second-order valence-electron chi connectivity index (χ2n) is 9.37. The topological polar surface area (TPSA) is 46.9 Å².